The molecule has 4 aromatic rings. The summed E-state index contributed by atoms with van der Waals surface area (Å²) in [5.41, 5.74) is 8.78. The zero-order valence-corrected chi connectivity index (χ0v) is 15.5. The van der Waals surface area contributed by atoms with Gasteiger partial charge in [-0.1, -0.05) is 115 Å². The van der Waals surface area contributed by atoms with Gasteiger partial charge in [0.15, 0.2) is 0 Å². The molecule has 0 fully saturated rings. The second-order valence-electron chi connectivity index (χ2n) is 6.68. The number of benzene rings is 4. The smallest absolute Gasteiger partial charge is 0.00762 e. The van der Waals surface area contributed by atoms with Gasteiger partial charge in [0.05, 0.1) is 0 Å². The van der Waals surface area contributed by atoms with Crippen molar-refractivity contribution in [3.63, 3.8) is 0 Å². The van der Waals surface area contributed by atoms with E-state index in [-0.39, 0.29) is 0 Å². The van der Waals surface area contributed by atoms with Gasteiger partial charge in [-0.15, -0.1) is 0 Å². The van der Waals surface area contributed by atoms with E-state index in [0.717, 1.165) is 0 Å². The fraction of sp³-hybridized carbons (Fsp3) is 0.0370. The van der Waals surface area contributed by atoms with E-state index in [9.17, 15) is 0 Å². The summed E-state index contributed by atoms with van der Waals surface area (Å²) < 4.78 is 0. The van der Waals surface area contributed by atoms with Gasteiger partial charge in [-0.05, 0) is 45.9 Å². The minimum atomic E-state index is 1.24. The fourth-order valence-electron chi connectivity index (χ4n) is 3.50. The molecular formula is C27H22. The zero-order valence-electron chi connectivity index (χ0n) is 15.5. The average Bonchev–Trinajstić information content (AvgIpc) is 2.76. The van der Waals surface area contributed by atoms with Crippen molar-refractivity contribution in [3.8, 4) is 11.1 Å². The van der Waals surface area contributed by atoms with Gasteiger partial charge in [-0.3, -0.25) is 0 Å². The van der Waals surface area contributed by atoms with Crippen LogP contribution in [0.2, 0.25) is 0 Å². The lowest BCUT2D eigenvalue weighted by Crippen LogP contribution is -1.93. The van der Waals surface area contributed by atoms with E-state index < -0.39 is 0 Å². The molecule has 0 atom stereocenters. The summed E-state index contributed by atoms with van der Waals surface area (Å²) >= 11 is 0. The Morgan fingerprint density at radius 3 is 1.37 bits per heavy atom. The van der Waals surface area contributed by atoms with Crippen LogP contribution in [-0.2, 0) is 0 Å². The van der Waals surface area contributed by atoms with E-state index in [1.165, 1.54) is 39.0 Å². The molecule has 4 rings (SSSR count). The average molecular weight is 346 g/mol. The van der Waals surface area contributed by atoms with E-state index in [1.807, 2.05) is 0 Å². The van der Waals surface area contributed by atoms with E-state index >= 15 is 0 Å². The maximum absolute atomic E-state index is 2.23. The molecular weight excluding hydrogens is 324 g/mol. The van der Waals surface area contributed by atoms with Gasteiger partial charge in [0, 0.05) is 0 Å². The quantitative estimate of drug-likeness (QED) is 0.339. The molecule has 0 aliphatic carbocycles. The number of allylic oxidation sites excluding steroid dienone is 1. The first-order chi connectivity index (χ1) is 13.3. The summed E-state index contributed by atoms with van der Waals surface area (Å²) in [7, 11) is 0. The molecule has 0 unspecified atom stereocenters. The van der Waals surface area contributed by atoms with Gasteiger partial charge in [0.2, 0.25) is 0 Å². The molecule has 0 aliphatic heterocycles. The number of hydrogen-bond acceptors (Lipinski definition) is 0. The molecule has 0 spiro atoms. The highest BCUT2D eigenvalue weighted by Gasteiger charge is 2.11. The zero-order chi connectivity index (χ0) is 18.5. The Labute approximate surface area is 161 Å². The third-order valence-electron chi connectivity index (χ3n) is 4.92. The Hall–Kier alpha value is -3.38. The molecule has 0 amide bonds. The second-order valence-corrected chi connectivity index (χ2v) is 6.68. The molecule has 0 saturated carbocycles. The molecule has 130 valence electrons. The summed E-state index contributed by atoms with van der Waals surface area (Å²) in [5.74, 6) is 0. The molecule has 27 heavy (non-hydrogen) atoms. The second kappa shape index (κ2) is 7.88. The SMILES string of the molecule is CC(=C(c1ccccc1)c1ccc(-c2ccccc2)cc1)c1ccccc1. The molecule has 4 aromatic carbocycles. The largest absolute Gasteiger partial charge is 0.0622 e. The molecule has 0 heteroatoms. The van der Waals surface area contributed by atoms with Crippen molar-refractivity contribution in [1.29, 1.82) is 0 Å². The highest BCUT2D eigenvalue weighted by atomic mass is 14.1. The van der Waals surface area contributed by atoms with Crippen LogP contribution < -0.4 is 0 Å². The van der Waals surface area contributed by atoms with Crippen LogP contribution in [0, 0.1) is 0 Å². The highest BCUT2D eigenvalue weighted by Crippen LogP contribution is 2.33. The van der Waals surface area contributed by atoms with Gasteiger partial charge in [-0.25, -0.2) is 0 Å². The minimum Gasteiger partial charge on any atom is -0.0622 e. The van der Waals surface area contributed by atoms with Crippen LogP contribution in [-0.4, -0.2) is 0 Å². The summed E-state index contributed by atoms with van der Waals surface area (Å²) in [6, 6.07) is 40.7. The predicted molar refractivity (Wildman–Crippen MR) is 116 cm³/mol. The van der Waals surface area contributed by atoms with Gasteiger partial charge in [-0.2, -0.15) is 0 Å². The normalized spacial score (nSPS) is 11.7. The lowest BCUT2D eigenvalue weighted by molar-refractivity contribution is 1.50. The van der Waals surface area contributed by atoms with Crippen LogP contribution in [0.5, 0.6) is 0 Å². The molecule has 0 heterocycles. The first-order valence-electron chi connectivity index (χ1n) is 9.30. The van der Waals surface area contributed by atoms with E-state index in [1.54, 1.807) is 0 Å². The van der Waals surface area contributed by atoms with Gasteiger partial charge < -0.3 is 0 Å². The van der Waals surface area contributed by atoms with E-state index in [4.69, 9.17) is 0 Å². The van der Waals surface area contributed by atoms with Gasteiger partial charge in [0.25, 0.3) is 0 Å². The topological polar surface area (TPSA) is 0 Å². The van der Waals surface area contributed by atoms with Crippen molar-refractivity contribution in [2.45, 2.75) is 6.92 Å². The molecule has 0 bridgehead atoms. The lowest BCUT2D eigenvalue weighted by Gasteiger charge is -2.15. The highest BCUT2D eigenvalue weighted by molar-refractivity contribution is 5.98. The van der Waals surface area contributed by atoms with Crippen LogP contribution in [0.15, 0.2) is 115 Å². The maximum atomic E-state index is 2.23. The van der Waals surface area contributed by atoms with E-state index in [2.05, 4.69) is 122 Å². The van der Waals surface area contributed by atoms with Crippen molar-refractivity contribution in [3.05, 3.63) is 132 Å². The predicted octanol–water partition coefficient (Wildman–Crippen LogP) is 7.33. The lowest BCUT2D eigenvalue weighted by atomic mass is 9.89. The summed E-state index contributed by atoms with van der Waals surface area (Å²) in [6.45, 7) is 2.21. The van der Waals surface area contributed by atoms with Crippen molar-refractivity contribution in [1.82, 2.24) is 0 Å². The van der Waals surface area contributed by atoms with Crippen LogP contribution in [0.25, 0.3) is 22.3 Å². The molecule has 0 nitrogen and oxygen atoms in total. The first-order valence-corrected chi connectivity index (χ1v) is 9.30. The summed E-state index contributed by atoms with van der Waals surface area (Å²) in [5, 5.41) is 0. The number of hydrogen-bond donors (Lipinski definition) is 0. The Balaban J connectivity index is 1.83. The standard InChI is InChI=1S/C27H22/c1-21(22-11-5-2-6-12-22)27(25-15-9-4-10-16-25)26-19-17-24(18-20-26)23-13-7-3-8-14-23/h2-20H,1H3. The van der Waals surface area contributed by atoms with Crippen molar-refractivity contribution in [2.75, 3.05) is 0 Å². The van der Waals surface area contributed by atoms with Crippen molar-refractivity contribution < 1.29 is 0 Å². The molecule has 0 N–H and O–H groups in total. The molecule has 0 radical (unpaired) electrons. The van der Waals surface area contributed by atoms with Gasteiger partial charge in [0.1, 0.15) is 0 Å². The summed E-state index contributed by atoms with van der Waals surface area (Å²) in [4.78, 5) is 0. The van der Waals surface area contributed by atoms with Crippen LogP contribution in [0.1, 0.15) is 23.6 Å². The number of rotatable bonds is 4. The molecule has 0 aliphatic rings. The van der Waals surface area contributed by atoms with Gasteiger partial charge >= 0.3 is 0 Å². The maximum Gasteiger partial charge on any atom is -0.00762 e. The van der Waals surface area contributed by atoms with Crippen LogP contribution >= 0.6 is 0 Å². The van der Waals surface area contributed by atoms with Crippen molar-refractivity contribution in [2.24, 2.45) is 0 Å². The minimum absolute atomic E-state index is 1.24. The third kappa shape index (κ3) is 3.75. The fourth-order valence-corrected chi connectivity index (χ4v) is 3.50. The molecule has 0 saturated heterocycles. The third-order valence-corrected chi connectivity index (χ3v) is 4.92. The molecule has 0 aromatic heterocycles. The summed E-state index contributed by atoms with van der Waals surface area (Å²) in [6.07, 6.45) is 0. The van der Waals surface area contributed by atoms with Crippen LogP contribution in [0.3, 0.4) is 0 Å². The first kappa shape index (κ1) is 17.1. The monoisotopic (exact) mass is 346 g/mol. The van der Waals surface area contributed by atoms with Crippen LogP contribution in [0.4, 0.5) is 0 Å². The Morgan fingerprint density at radius 2 is 0.815 bits per heavy atom. The van der Waals surface area contributed by atoms with Crippen molar-refractivity contribution >= 4 is 11.1 Å². The van der Waals surface area contributed by atoms with E-state index in [0.29, 0.717) is 0 Å². The Morgan fingerprint density at radius 1 is 0.407 bits per heavy atom. The Bertz CT molecular complexity index is 1030. The Kier molecular flexibility index (Phi) is 4.98.